The van der Waals surface area contributed by atoms with Gasteiger partial charge in [0.05, 0.1) is 0 Å². The number of aryl methyl sites for hydroxylation is 1. The molecule has 0 bridgehead atoms. The highest BCUT2D eigenvalue weighted by atomic mass is 15.1. The van der Waals surface area contributed by atoms with Gasteiger partial charge in [0, 0.05) is 25.1 Å². The van der Waals surface area contributed by atoms with Crippen LogP contribution in [0.25, 0.3) is 0 Å². The van der Waals surface area contributed by atoms with Crippen molar-refractivity contribution >= 4 is 11.6 Å². The third-order valence-electron chi connectivity index (χ3n) is 3.55. The van der Waals surface area contributed by atoms with Crippen molar-refractivity contribution < 1.29 is 0 Å². The van der Waals surface area contributed by atoms with Gasteiger partial charge in [-0.25, -0.2) is 9.97 Å². The molecule has 0 amide bonds. The topological polar surface area (TPSA) is 49.8 Å². The van der Waals surface area contributed by atoms with Gasteiger partial charge in [-0.15, -0.1) is 0 Å². The van der Waals surface area contributed by atoms with E-state index < -0.39 is 0 Å². The third-order valence-corrected chi connectivity index (χ3v) is 3.55. The van der Waals surface area contributed by atoms with Crippen LogP contribution in [-0.4, -0.2) is 23.1 Å². The molecule has 4 heteroatoms. The number of nitrogens with one attached hydrogen (secondary N) is 2. The largest absolute Gasteiger partial charge is 0.370 e. The number of nitrogens with zero attached hydrogens (tertiary/aromatic N) is 2. The van der Waals surface area contributed by atoms with Crippen LogP contribution < -0.4 is 10.6 Å². The van der Waals surface area contributed by atoms with Gasteiger partial charge in [-0.3, -0.25) is 0 Å². The molecule has 1 aromatic heterocycles. The first-order valence-electron chi connectivity index (χ1n) is 7.59. The number of rotatable bonds is 8. The average molecular weight is 262 g/mol. The standard InChI is InChI=1S/C15H26N4/c1-4-6-13-18-14(16-5-2)11(3)15(19-13)17-10-9-12-7-8-12/h12H,4-10H2,1-3H3,(H2,16,17,18,19). The predicted molar refractivity (Wildman–Crippen MR) is 80.8 cm³/mol. The summed E-state index contributed by atoms with van der Waals surface area (Å²) in [5.41, 5.74) is 1.14. The van der Waals surface area contributed by atoms with Crippen LogP contribution in [0.3, 0.4) is 0 Å². The summed E-state index contributed by atoms with van der Waals surface area (Å²) in [4.78, 5) is 9.27. The van der Waals surface area contributed by atoms with E-state index in [9.17, 15) is 0 Å². The Morgan fingerprint density at radius 2 is 1.79 bits per heavy atom. The van der Waals surface area contributed by atoms with Crippen LogP contribution in [-0.2, 0) is 6.42 Å². The van der Waals surface area contributed by atoms with Crippen LogP contribution >= 0.6 is 0 Å². The summed E-state index contributed by atoms with van der Waals surface area (Å²) in [6, 6.07) is 0. The second kappa shape index (κ2) is 6.73. The van der Waals surface area contributed by atoms with Crippen LogP contribution in [0.5, 0.6) is 0 Å². The summed E-state index contributed by atoms with van der Waals surface area (Å²) in [6.07, 6.45) is 6.11. The maximum Gasteiger partial charge on any atom is 0.134 e. The number of anilines is 2. The molecule has 0 aliphatic heterocycles. The van der Waals surface area contributed by atoms with E-state index in [4.69, 9.17) is 0 Å². The Morgan fingerprint density at radius 3 is 2.37 bits per heavy atom. The monoisotopic (exact) mass is 262 g/mol. The van der Waals surface area contributed by atoms with Gasteiger partial charge >= 0.3 is 0 Å². The van der Waals surface area contributed by atoms with Gasteiger partial charge in [0.1, 0.15) is 17.5 Å². The van der Waals surface area contributed by atoms with Crippen LogP contribution in [0, 0.1) is 12.8 Å². The molecule has 2 rings (SSSR count). The third kappa shape index (κ3) is 4.08. The Kier molecular flexibility index (Phi) is 5.00. The van der Waals surface area contributed by atoms with Gasteiger partial charge in [-0.2, -0.15) is 0 Å². The van der Waals surface area contributed by atoms with Crippen molar-refractivity contribution in [1.82, 2.24) is 9.97 Å². The lowest BCUT2D eigenvalue weighted by atomic mass is 10.2. The van der Waals surface area contributed by atoms with E-state index in [1.165, 1.54) is 19.3 Å². The molecule has 1 fully saturated rings. The molecule has 4 nitrogen and oxygen atoms in total. The molecule has 2 N–H and O–H groups in total. The molecule has 106 valence electrons. The lowest BCUT2D eigenvalue weighted by Gasteiger charge is -2.14. The van der Waals surface area contributed by atoms with Gasteiger partial charge in [0.15, 0.2) is 0 Å². The van der Waals surface area contributed by atoms with Gasteiger partial charge in [0.25, 0.3) is 0 Å². The van der Waals surface area contributed by atoms with Crippen molar-refractivity contribution in [3.63, 3.8) is 0 Å². The highest BCUT2D eigenvalue weighted by molar-refractivity contribution is 5.57. The zero-order valence-electron chi connectivity index (χ0n) is 12.4. The molecule has 1 aliphatic carbocycles. The first kappa shape index (κ1) is 14.1. The van der Waals surface area contributed by atoms with Crippen molar-refractivity contribution in [3.8, 4) is 0 Å². The van der Waals surface area contributed by atoms with E-state index in [-0.39, 0.29) is 0 Å². The lowest BCUT2D eigenvalue weighted by Crippen LogP contribution is -2.12. The Labute approximate surface area is 116 Å². The average Bonchev–Trinajstić information content (AvgIpc) is 3.19. The number of aromatic nitrogens is 2. The summed E-state index contributed by atoms with van der Waals surface area (Å²) in [5, 5.41) is 6.83. The van der Waals surface area contributed by atoms with Crippen LogP contribution in [0.4, 0.5) is 11.6 Å². The van der Waals surface area contributed by atoms with E-state index in [1.807, 2.05) is 0 Å². The fraction of sp³-hybridized carbons (Fsp3) is 0.733. The highest BCUT2D eigenvalue weighted by Crippen LogP contribution is 2.32. The second-order valence-corrected chi connectivity index (χ2v) is 5.40. The van der Waals surface area contributed by atoms with E-state index >= 15 is 0 Å². The SMILES string of the molecule is CCCc1nc(NCC)c(C)c(NCCC2CC2)n1. The van der Waals surface area contributed by atoms with Gasteiger partial charge in [0.2, 0.25) is 0 Å². The van der Waals surface area contributed by atoms with Crippen molar-refractivity contribution in [2.75, 3.05) is 23.7 Å². The summed E-state index contributed by atoms with van der Waals surface area (Å²) >= 11 is 0. The molecule has 1 aliphatic rings. The molecule has 0 radical (unpaired) electrons. The number of hydrogen-bond acceptors (Lipinski definition) is 4. The molecule has 1 heterocycles. The molecular weight excluding hydrogens is 236 g/mol. The first-order valence-corrected chi connectivity index (χ1v) is 7.59. The van der Waals surface area contributed by atoms with Crippen LogP contribution in [0.15, 0.2) is 0 Å². The molecular formula is C15H26N4. The predicted octanol–water partition coefficient (Wildman–Crippen LogP) is 3.38. The zero-order chi connectivity index (χ0) is 13.7. The van der Waals surface area contributed by atoms with E-state index in [0.717, 1.165) is 54.9 Å². The normalized spacial score (nSPS) is 14.5. The van der Waals surface area contributed by atoms with Crippen molar-refractivity contribution in [2.24, 2.45) is 5.92 Å². The van der Waals surface area contributed by atoms with E-state index in [2.05, 4.69) is 41.4 Å². The van der Waals surface area contributed by atoms with E-state index in [0.29, 0.717) is 0 Å². The molecule has 0 spiro atoms. The lowest BCUT2D eigenvalue weighted by molar-refractivity contribution is 0.754. The minimum absolute atomic E-state index is 0.894. The summed E-state index contributed by atoms with van der Waals surface area (Å²) in [6.45, 7) is 8.27. The molecule has 0 aromatic carbocycles. The first-order chi connectivity index (χ1) is 9.24. The smallest absolute Gasteiger partial charge is 0.134 e. The van der Waals surface area contributed by atoms with Crippen molar-refractivity contribution in [1.29, 1.82) is 0 Å². The van der Waals surface area contributed by atoms with Crippen molar-refractivity contribution in [2.45, 2.75) is 52.9 Å². The molecule has 1 aromatic rings. The molecule has 1 saturated carbocycles. The molecule has 0 atom stereocenters. The maximum atomic E-state index is 4.66. The fourth-order valence-electron chi connectivity index (χ4n) is 2.21. The van der Waals surface area contributed by atoms with Gasteiger partial charge in [-0.05, 0) is 32.6 Å². The number of hydrogen-bond donors (Lipinski definition) is 2. The highest BCUT2D eigenvalue weighted by Gasteiger charge is 2.20. The van der Waals surface area contributed by atoms with E-state index in [1.54, 1.807) is 0 Å². The van der Waals surface area contributed by atoms with Crippen molar-refractivity contribution in [3.05, 3.63) is 11.4 Å². The summed E-state index contributed by atoms with van der Waals surface area (Å²) in [5.74, 6) is 3.89. The Bertz CT molecular complexity index is 413. The molecule has 19 heavy (non-hydrogen) atoms. The zero-order valence-corrected chi connectivity index (χ0v) is 12.4. The quantitative estimate of drug-likeness (QED) is 0.754. The van der Waals surface area contributed by atoms with Gasteiger partial charge < -0.3 is 10.6 Å². The molecule has 0 saturated heterocycles. The van der Waals surface area contributed by atoms with Crippen LogP contribution in [0.2, 0.25) is 0 Å². The summed E-state index contributed by atoms with van der Waals surface area (Å²) in [7, 11) is 0. The van der Waals surface area contributed by atoms with Crippen LogP contribution in [0.1, 0.15) is 50.9 Å². The Balaban J connectivity index is 2.07. The Hall–Kier alpha value is -1.32. The fourth-order valence-corrected chi connectivity index (χ4v) is 2.21. The molecule has 0 unspecified atom stereocenters. The second-order valence-electron chi connectivity index (χ2n) is 5.40. The minimum Gasteiger partial charge on any atom is -0.370 e. The minimum atomic E-state index is 0.894. The van der Waals surface area contributed by atoms with Gasteiger partial charge in [-0.1, -0.05) is 19.8 Å². The summed E-state index contributed by atoms with van der Waals surface area (Å²) < 4.78 is 0. The maximum absolute atomic E-state index is 4.66. The Morgan fingerprint density at radius 1 is 1.11 bits per heavy atom.